The van der Waals surface area contributed by atoms with Gasteiger partial charge in [0, 0.05) is 52.9 Å². The van der Waals surface area contributed by atoms with Crippen LogP contribution >= 0.6 is 0 Å². The van der Waals surface area contributed by atoms with Crippen molar-refractivity contribution in [1.29, 1.82) is 0 Å². The van der Waals surface area contributed by atoms with E-state index in [1.54, 1.807) is 19.1 Å². The van der Waals surface area contributed by atoms with E-state index in [9.17, 15) is 9.18 Å². The first kappa shape index (κ1) is 17.1. The quantitative estimate of drug-likeness (QED) is 0.557. The zero-order valence-electron chi connectivity index (χ0n) is 12.3. The minimum atomic E-state index is -0.461. The van der Waals surface area contributed by atoms with Crippen LogP contribution in [0.25, 0.3) is 0 Å². The Kier molecular flexibility index (Phi) is 8.48. The molecule has 0 aliphatic carbocycles. The summed E-state index contributed by atoms with van der Waals surface area (Å²) in [5.41, 5.74) is 0. The normalized spacial score (nSPS) is 15.5. The minimum Gasteiger partial charge on any atom is -0.449 e. The maximum absolute atomic E-state index is 11.9. The summed E-state index contributed by atoms with van der Waals surface area (Å²) in [6, 6.07) is 0.314. The van der Waals surface area contributed by atoms with Crippen molar-refractivity contribution in [1.82, 2.24) is 9.80 Å². The Morgan fingerprint density at radius 2 is 1.80 bits per heavy atom. The Morgan fingerprint density at radius 3 is 2.30 bits per heavy atom. The summed E-state index contributed by atoms with van der Waals surface area (Å²) >= 11 is 0. The molecule has 20 heavy (non-hydrogen) atoms. The summed E-state index contributed by atoms with van der Waals surface area (Å²) in [4.78, 5) is 15.5. The van der Waals surface area contributed by atoms with Gasteiger partial charge in [-0.05, 0) is 0 Å². The Labute approximate surface area is 119 Å². The number of methoxy groups -OCH3 is 2. The van der Waals surface area contributed by atoms with Crippen LogP contribution in [-0.2, 0) is 14.2 Å². The zero-order valence-corrected chi connectivity index (χ0v) is 12.3. The largest absolute Gasteiger partial charge is 0.449 e. The number of rotatable bonds is 10. The fraction of sp³-hybridized carbons (Fsp3) is 0.923. The number of hydrogen-bond acceptors (Lipinski definition) is 5. The van der Waals surface area contributed by atoms with Gasteiger partial charge < -0.3 is 19.1 Å². The summed E-state index contributed by atoms with van der Waals surface area (Å²) in [6.45, 7) is 3.90. The first-order chi connectivity index (χ1) is 9.72. The molecule has 0 aromatic rings. The van der Waals surface area contributed by atoms with Crippen LogP contribution in [0.4, 0.5) is 9.18 Å². The maximum Gasteiger partial charge on any atom is 0.409 e. The lowest BCUT2D eigenvalue weighted by Crippen LogP contribution is -2.62. The lowest BCUT2D eigenvalue weighted by Gasteiger charge is -2.44. The molecule has 1 aliphatic heterocycles. The van der Waals surface area contributed by atoms with Crippen molar-refractivity contribution in [2.75, 3.05) is 66.9 Å². The lowest BCUT2D eigenvalue weighted by atomic mass is 10.1. The third-order valence-corrected chi connectivity index (χ3v) is 3.31. The van der Waals surface area contributed by atoms with E-state index in [1.807, 2.05) is 0 Å². The fourth-order valence-electron chi connectivity index (χ4n) is 2.03. The van der Waals surface area contributed by atoms with Gasteiger partial charge in [-0.2, -0.15) is 0 Å². The van der Waals surface area contributed by atoms with Crippen LogP contribution in [0, 0.1) is 0 Å². The highest BCUT2D eigenvalue weighted by Gasteiger charge is 2.35. The van der Waals surface area contributed by atoms with Gasteiger partial charge in [-0.25, -0.2) is 4.79 Å². The number of alkyl halides is 1. The van der Waals surface area contributed by atoms with Crippen molar-refractivity contribution in [2.45, 2.75) is 12.5 Å². The molecule has 0 aromatic heterocycles. The molecule has 0 radical (unpaired) electrons. The summed E-state index contributed by atoms with van der Waals surface area (Å²) in [6.07, 6.45) is -0.0929. The van der Waals surface area contributed by atoms with Crippen molar-refractivity contribution < 1.29 is 23.4 Å². The fourth-order valence-corrected chi connectivity index (χ4v) is 2.03. The number of amides is 1. The molecule has 0 atom stereocenters. The van der Waals surface area contributed by atoms with Crippen molar-refractivity contribution in [3.05, 3.63) is 0 Å². The maximum atomic E-state index is 11.9. The Morgan fingerprint density at radius 1 is 1.20 bits per heavy atom. The van der Waals surface area contributed by atoms with E-state index in [-0.39, 0.29) is 19.1 Å². The molecule has 0 bridgehead atoms. The minimum absolute atomic E-state index is 0.146. The van der Waals surface area contributed by atoms with Gasteiger partial charge in [-0.3, -0.25) is 9.29 Å². The second-order valence-corrected chi connectivity index (χ2v) is 4.74. The summed E-state index contributed by atoms with van der Waals surface area (Å²) in [7, 11) is 3.34. The monoisotopic (exact) mass is 292 g/mol. The summed E-state index contributed by atoms with van der Waals surface area (Å²) in [5.74, 6) is 0. The van der Waals surface area contributed by atoms with E-state index in [4.69, 9.17) is 14.2 Å². The number of hydrogen-bond donors (Lipinski definition) is 0. The molecule has 0 aromatic carbocycles. The van der Waals surface area contributed by atoms with Gasteiger partial charge in [0.15, 0.2) is 0 Å². The van der Waals surface area contributed by atoms with Crippen molar-refractivity contribution in [2.24, 2.45) is 0 Å². The molecule has 7 heteroatoms. The molecule has 0 spiro atoms. The molecule has 0 saturated carbocycles. The third kappa shape index (κ3) is 5.60. The molecule has 1 saturated heterocycles. The molecule has 0 N–H and O–H groups in total. The number of halogens is 1. The standard InChI is InChI=1S/C13H25FN2O4/c1-18-8-5-15(6-9-19-2)12-10-16(11-12)13(17)20-7-3-4-14/h12H,3-11H2,1-2H3. The molecule has 1 heterocycles. The highest BCUT2D eigenvalue weighted by Crippen LogP contribution is 2.16. The van der Waals surface area contributed by atoms with Gasteiger partial charge in [-0.1, -0.05) is 0 Å². The van der Waals surface area contributed by atoms with Gasteiger partial charge >= 0.3 is 6.09 Å². The Hall–Kier alpha value is -0.920. The van der Waals surface area contributed by atoms with Crippen LogP contribution in [0.2, 0.25) is 0 Å². The molecule has 6 nitrogen and oxygen atoms in total. The number of carbonyl (C=O) groups excluding carboxylic acids is 1. The van der Waals surface area contributed by atoms with Gasteiger partial charge in [0.25, 0.3) is 0 Å². The van der Waals surface area contributed by atoms with Gasteiger partial charge in [0.1, 0.15) is 0 Å². The van der Waals surface area contributed by atoms with Crippen LogP contribution in [0.3, 0.4) is 0 Å². The smallest absolute Gasteiger partial charge is 0.409 e. The van der Waals surface area contributed by atoms with E-state index in [2.05, 4.69) is 4.90 Å². The molecule has 1 aliphatic rings. The zero-order chi connectivity index (χ0) is 14.8. The van der Waals surface area contributed by atoms with Crippen LogP contribution in [0.5, 0.6) is 0 Å². The summed E-state index contributed by atoms with van der Waals surface area (Å²) < 4.78 is 27.0. The van der Waals surface area contributed by atoms with Crippen molar-refractivity contribution >= 4 is 6.09 Å². The average molecular weight is 292 g/mol. The van der Waals surface area contributed by atoms with Crippen molar-refractivity contribution in [3.63, 3.8) is 0 Å². The first-order valence-corrected chi connectivity index (χ1v) is 6.92. The highest BCUT2D eigenvalue weighted by molar-refractivity contribution is 5.68. The van der Waals surface area contributed by atoms with Gasteiger partial charge in [-0.15, -0.1) is 0 Å². The highest BCUT2D eigenvalue weighted by atomic mass is 19.1. The second-order valence-electron chi connectivity index (χ2n) is 4.74. The Bertz CT molecular complexity index is 267. The van der Waals surface area contributed by atoms with Gasteiger partial charge in [0.05, 0.1) is 26.5 Å². The molecule has 118 valence electrons. The SMILES string of the molecule is COCCN(CCOC)C1CN(C(=O)OCCCF)C1. The average Bonchev–Trinajstić information content (AvgIpc) is 2.39. The van der Waals surface area contributed by atoms with E-state index < -0.39 is 6.67 Å². The van der Waals surface area contributed by atoms with Crippen LogP contribution < -0.4 is 0 Å². The molecular weight excluding hydrogens is 267 g/mol. The van der Waals surface area contributed by atoms with E-state index in [1.165, 1.54) is 0 Å². The van der Waals surface area contributed by atoms with Gasteiger partial charge in [0.2, 0.25) is 0 Å². The predicted octanol–water partition coefficient (Wildman–Crippen LogP) is 0.762. The van der Waals surface area contributed by atoms with E-state index >= 15 is 0 Å². The van der Waals surface area contributed by atoms with Crippen LogP contribution in [-0.4, -0.2) is 88.8 Å². The second kappa shape index (κ2) is 9.90. The van der Waals surface area contributed by atoms with E-state index in [0.29, 0.717) is 32.3 Å². The number of carbonyl (C=O) groups is 1. The predicted molar refractivity (Wildman–Crippen MR) is 72.6 cm³/mol. The molecule has 1 amide bonds. The number of nitrogens with zero attached hydrogens (tertiary/aromatic N) is 2. The Balaban J connectivity index is 2.25. The van der Waals surface area contributed by atoms with Crippen LogP contribution in [0.1, 0.15) is 6.42 Å². The molecule has 0 unspecified atom stereocenters. The molecule has 1 fully saturated rings. The number of likely N-dealkylation sites (tertiary alicyclic amines) is 1. The topological polar surface area (TPSA) is 51.2 Å². The molecular formula is C13H25FN2O4. The molecule has 1 rings (SSSR count). The lowest BCUT2D eigenvalue weighted by molar-refractivity contribution is 0.00299. The van der Waals surface area contributed by atoms with Crippen molar-refractivity contribution in [3.8, 4) is 0 Å². The third-order valence-electron chi connectivity index (χ3n) is 3.31. The van der Waals surface area contributed by atoms with E-state index in [0.717, 1.165) is 13.1 Å². The number of ether oxygens (including phenoxy) is 3. The first-order valence-electron chi connectivity index (χ1n) is 6.92. The summed E-state index contributed by atoms with van der Waals surface area (Å²) in [5, 5.41) is 0. The van der Waals surface area contributed by atoms with Crippen LogP contribution in [0.15, 0.2) is 0 Å².